The zero-order valence-corrected chi connectivity index (χ0v) is 8.97. The highest BCUT2D eigenvalue weighted by molar-refractivity contribution is 6.32. The normalized spacial score (nSPS) is 15.3. The minimum Gasteiger partial charge on any atom is -0.495 e. The van der Waals surface area contributed by atoms with Gasteiger partial charge in [0.1, 0.15) is 5.75 Å². The molecule has 0 aromatic heterocycles. The van der Waals surface area contributed by atoms with Crippen LogP contribution in [0.2, 0.25) is 5.02 Å². The Bertz CT molecular complexity index is 323. The summed E-state index contributed by atoms with van der Waals surface area (Å²) in [6, 6.07) is 5.77. The maximum absolute atomic E-state index is 5.92. The van der Waals surface area contributed by atoms with Gasteiger partial charge in [0.25, 0.3) is 0 Å². The Morgan fingerprint density at radius 2 is 2.29 bits per heavy atom. The van der Waals surface area contributed by atoms with Crippen molar-refractivity contribution in [2.75, 3.05) is 19.0 Å². The van der Waals surface area contributed by atoms with Gasteiger partial charge in [0, 0.05) is 18.3 Å². The molecule has 1 N–H and O–H groups in total. The molecule has 0 unspecified atom stereocenters. The number of benzene rings is 1. The van der Waals surface area contributed by atoms with E-state index in [1.165, 1.54) is 12.8 Å². The number of nitrogens with one attached hydrogen (secondary N) is 1. The average molecular weight is 212 g/mol. The molecule has 0 atom stereocenters. The molecule has 14 heavy (non-hydrogen) atoms. The number of methoxy groups -OCH3 is 1. The summed E-state index contributed by atoms with van der Waals surface area (Å²) in [7, 11) is 1.63. The summed E-state index contributed by atoms with van der Waals surface area (Å²) in [5.74, 6) is 1.60. The molecule has 1 aliphatic rings. The first-order valence-electron chi connectivity index (χ1n) is 4.87. The Labute approximate surface area is 89.2 Å². The van der Waals surface area contributed by atoms with E-state index < -0.39 is 0 Å². The highest BCUT2D eigenvalue weighted by Crippen LogP contribution is 2.31. The molecule has 0 saturated heterocycles. The van der Waals surface area contributed by atoms with Crippen LogP contribution >= 0.6 is 11.6 Å². The lowest BCUT2D eigenvalue weighted by Crippen LogP contribution is -2.03. The summed E-state index contributed by atoms with van der Waals surface area (Å²) >= 11 is 5.92. The van der Waals surface area contributed by atoms with E-state index in [2.05, 4.69) is 5.32 Å². The van der Waals surface area contributed by atoms with Gasteiger partial charge in [0.2, 0.25) is 0 Å². The fourth-order valence-electron chi connectivity index (χ4n) is 1.35. The minimum atomic E-state index is 0.657. The monoisotopic (exact) mass is 211 g/mol. The van der Waals surface area contributed by atoms with Crippen molar-refractivity contribution in [3.63, 3.8) is 0 Å². The third-order valence-corrected chi connectivity index (χ3v) is 2.76. The molecule has 0 aliphatic heterocycles. The predicted molar refractivity (Wildman–Crippen MR) is 59.2 cm³/mol. The van der Waals surface area contributed by atoms with Gasteiger partial charge in [0.05, 0.1) is 12.1 Å². The van der Waals surface area contributed by atoms with E-state index in [4.69, 9.17) is 16.3 Å². The third-order valence-electron chi connectivity index (χ3n) is 2.44. The number of rotatable bonds is 4. The summed E-state index contributed by atoms with van der Waals surface area (Å²) in [5.41, 5.74) is 1.08. The largest absolute Gasteiger partial charge is 0.495 e. The van der Waals surface area contributed by atoms with E-state index in [0.717, 1.165) is 23.9 Å². The molecule has 76 valence electrons. The van der Waals surface area contributed by atoms with Crippen LogP contribution in [0, 0.1) is 5.92 Å². The van der Waals surface area contributed by atoms with Gasteiger partial charge in [-0.1, -0.05) is 11.6 Å². The van der Waals surface area contributed by atoms with Crippen molar-refractivity contribution in [2.24, 2.45) is 5.92 Å². The van der Waals surface area contributed by atoms with E-state index in [0.29, 0.717) is 5.02 Å². The number of halogens is 1. The summed E-state index contributed by atoms with van der Waals surface area (Å²) in [6.07, 6.45) is 2.72. The van der Waals surface area contributed by atoms with E-state index in [1.807, 2.05) is 18.2 Å². The molecule has 0 heterocycles. The van der Waals surface area contributed by atoms with Gasteiger partial charge in [-0.3, -0.25) is 0 Å². The van der Waals surface area contributed by atoms with Crippen LogP contribution in [-0.2, 0) is 0 Å². The van der Waals surface area contributed by atoms with Gasteiger partial charge in [-0.15, -0.1) is 0 Å². The highest BCUT2D eigenvalue weighted by atomic mass is 35.5. The van der Waals surface area contributed by atoms with Crippen LogP contribution in [0.15, 0.2) is 18.2 Å². The van der Waals surface area contributed by atoms with E-state index in [1.54, 1.807) is 7.11 Å². The molecule has 2 nitrogen and oxygen atoms in total. The second-order valence-corrected chi connectivity index (χ2v) is 4.08. The Kier molecular flexibility index (Phi) is 2.82. The van der Waals surface area contributed by atoms with E-state index in [-0.39, 0.29) is 0 Å². The maximum atomic E-state index is 5.92. The summed E-state index contributed by atoms with van der Waals surface area (Å²) in [4.78, 5) is 0. The zero-order chi connectivity index (χ0) is 9.97. The molecule has 0 radical (unpaired) electrons. The lowest BCUT2D eigenvalue weighted by molar-refractivity contribution is 0.415. The van der Waals surface area contributed by atoms with Crippen molar-refractivity contribution in [3.05, 3.63) is 23.2 Å². The molecule has 1 aliphatic carbocycles. The van der Waals surface area contributed by atoms with Crippen molar-refractivity contribution in [1.82, 2.24) is 0 Å². The van der Waals surface area contributed by atoms with Crippen LogP contribution in [0.25, 0.3) is 0 Å². The second-order valence-electron chi connectivity index (χ2n) is 3.67. The van der Waals surface area contributed by atoms with Gasteiger partial charge < -0.3 is 10.1 Å². The molecule has 1 fully saturated rings. The average Bonchev–Trinajstić information content (AvgIpc) is 3.00. The van der Waals surface area contributed by atoms with Crippen LogP contribution in [0.5, 0.6) is 5.75 Å². The lowest BCUT2D eigenvalue weighted by Gasteiger charge is -2.08. The third kappa shape index (κ3) is 2.32. The molecular weight excluding hydrogens is 198 g/mol. The molecule has 1 aromatic rings. The molecule has 0 spiro atoms. The maximum Gasteiger partial charge on any atom is 0.139 e. The fraction of sp³-hybridized carbons (Fsp3) is 0.455. The molecule has 3 heteroatoms. The van der Waals surface area contributed by atoms with E-state index >= 15 is 0 Å². The van der Waals surface area contributed by atoms with Gasteiger partial charge in [0.15, 0.2) is 0 Å². The molecule has 0 amide bonds. The van der Waals surface area contributed by atoms with E-state index in [9.17, 15) is 0 Å². The number of anilines is 1. The topological polar surface area (TPSA) is 21.3 Å². The lowest BCUT2D eigenvalue weighted by atomic mass is 10.3. The van der Waals surface area contributed by atoms with Gasteiger partial charge in [-0.2, -0.15) is 0 Å². The van der Waals surface area contributed by atoms with Crippen molar-refractivity contribution in [2.45, 2.75) is 12.8 Å². The fourth-order valence-corrected chi connectivity index (χ4v) is 1.55. The highest BCUT2D eigenvalue weighted by Gasteiger charge is 2.20. The molecule has 0 bridgehead atoms. The number of ether oxygens (including phenoxy) is 1. The molecule has 1 saturated carbocycles. The van der Waals surface area contributed by atoms with Crippen molar-refractivity contribution in [1.29, 1.82) is 0 Å². The Balaban J connectivity index is 2.01. The predicted octanol–water partition coefficient (Wildman–Crippen LogP) is 3.17. The van der Waals surface area contributed by atoms with Crippen LogP contribution in [0.3, 0.4) is 0 Å². The van der Waals surface area contributed by atoms with Gasteiger partial charge >= 0.3 is 0 Å². The minimum absolute atomic E-state index is 0.657. The SMILES string of the molecule is COc1cc(NCC2CC2)ccc1Cl. The zero-order valence-electron chi connectivity index (χ0n) is 8.22. The Hall–Kier alpha value is -0.890. The number of hydrogen-bond acceptors (Lipinski definition) is 2. The molecular formula is C11H14ClNO. The molecule has 2 rings (SSSR count). The first-order valence-corrected chi connectivity index (χ1v) is 5.25. The molecule has 1 aromatic carbocycles. The van der Waals surface area contributed by atoms with Crippen LogP contribution in [0.1, 0.15) is 12.8 Å². The first kappa shape index (κ1) is 9.66. The first-order chi connectivity index (χ1) is 6.79. The summed E-state index contributed by atoms with van der Waals surface area (Å²) in [5, 5.41) is 4.03. The quantitative estimate of drug-likeness (QED) is 0.826. The standard InChI is InChI=1S/C11H14ClNO/c1-14-11-6-9(4-5-10(11)12)13-7-8-2-3-8/h4-6,8,13H,2-3,7H2,1H3. The summed E-state index contributed by atoms with van der Waals surface area (Å²) < 4.78 is 5.14. The van der Waals surface area contributed by atoms with Crippen LogP contribution < -0.4 is 10.1 Å². The summed E-state index contributed by atoms with van der Waals surface area (Å²) in [6.45, 7) is 1.06. The number of hydrogen-bond donors (Lipinski definition) is 1. The van der Waals surface area contributed by atoms with Gasteiger partial charge in [-0.25, -0.2) is 0 Å². The van der Waals surface area contributed by atoms with Crippen LogP contribution in [0.4, 0.5) is 5.69 Å². The second kappa shape index (κ2) is 4.09. The van der Waals surface area contributed by atoms with Crippen molar-refractivity contribution >= 4 is 17.3 Å². The van der Waals surface area contributed by atoms with Gasteiger partial charge in [-0.05, 0) is 30.9 Å². The van der Waals surface area contributed by atoms with Crippen LogP contribution in [-0.4, -0.2) is 13.7 Å². The van der Waals surface area contributed by atoms with Crippen molar-refractivity contribution < 1.29 is 4.74 Å². The Morgan fingerprint density at radius 3 is 2.93 bits per heavy atom. The smallest absolute Gasteiger partial charge is 0.139 e. The van der Waals surface area contributed by atoms with Crippen molar-refractivity contribution in [3.8, 4) is 5.75 Å². The Morgan fingerprint density at radius 1 is 1.50 bits per heavy atom.